The van der Waals surface area contributed by atoms with Crippen LogP contribution in [0.5, 0.6) is 17.2 Å². The molecule has 0 radical (unpaired) electrons. The summed E-state index contributed by atoms with van der Waals surface area (Å²) in [6.07, 6.45) is 13.8. The molecule has 0 amide bonds. The van der Waals surface area contributed by atoms with Crippen LogP contribution in [0.2, 0.25) is 0 Å². The van der Waals surface area contributed by atoms with Gasteiger partial charge in [0.2, 0.25) is 0 Å². The van der Waals surface area contributed by atoms with E-state index in [0.29, 0.717) is 24.5 Å². The maximum absolute atomic E-state index is 12.4. The lowest BCUT2D eigenvalue weighted by Crippen LogP contribution is -2.08. The molecule has 34 heavy (non-hydrogen) atoms. The normalized spacial score (nSPS) is 11.6. The first-order valence-electron chi connectivity index (χ1n) is 12.9. The van der Waals surface area contributed by atoms with E-state index in [9.17, 15) is 4.79 Å². The van der Waals surface area contributed by atoms with E-state index in [1.165, 1.54) is 44.9 Å². The molecule has 0 N–H and O–H groups in total. The van der Waals surface area contributed by atoms with Crippen LogP contribution in [0.15, 0.2) is 61.2 Å². The number of benzene rings is 2. The van der Waals surface area contributed by atoms with E-state index >= 15 is 0 Å². The first-order chi connectivity index (χ1) is 16.6. The Morgan fingerprint density at radius 2 is 1.32 bits per heavy atom. The molecule has 0 spiro atoms. The summed E-state index contributed by atoms with van der Waals surface area (Å²) in [4.78, 5) is 12.4. The molecule has 4 heteroatoms. The van der Waals surface area contributed by atoms with E-state index in [1.54, 1.807) is 24.3 Å². The van der Waals surface area contributed by atoms with Crippen molar-refractivity contribution in [2.24, 2.45) is 5.92 Å². The van der Waals surface area contributed by atoms with Crippen molar-refractivity contribution in [2.45, 2.75) is 78.1 Å². The summed E-state index contributed by atoms with van der Waals surface area (Å²) in [7, 11) is 0. The summed E-state index contributed by atoms with van der Waals surface area (Å²) in [5.74, 6) is 2.41. The molecule has 0 aromatic heterocycles. The van der Waals surface area contributed by atoms with E-state index in [2.05, 4.69) is 20.4 Å². The van der Waals surface area contributed by atoms with Gasteiger partial charge in [0.25, 0.3) is 0 Å². The van der Waals surface area contributed by atoms with Crippen molar-refractivity contribution in [3.63, 3.8) is 0 Å². The van der Waals surface area contributed by atoms with Gasteiger partial charge in [-0.1, -0.05) is 52.0 Å². The number of unbranched alkanes of at least 4 members (excludes halogenated alkanes) is 6. The zero-order chi connectivity index (χ0) is 24.4. The quantitative estimate of drug-likeness (QED) is 0.0957. The van der Waals surface area contributed by atoms with E-state index in [1.807, 2.05) is 30.3 Å². The molecule has 0 unspecified atom stereocenters. The van der Waals surface area contributed by atoms with E-state index in [-0.39, 0.29) is 5.97 Å². The SMILES string of the molecule is C=CCCCCCCCCOc1ccc(OC(=O)c2ccc(OCCC[C@@H](C)CC)cc2)cc1. The highest BCUT2D eigenvalue weighted by atomic mass is 16.5. The largest absolute Gasteiger partial charge is 0.494 e. The van der Waals surface area contributed by atoms with Crippen molar-refractivity contribution in [3.8, 4) is 17.2 Å². The second kappa shape index (κ2) is 16.8. The molecule has 0 aliphatic heterocycles. The standard InChI is InChI=1S/C30H42O4/c1-4-6-7-8-9-10-11-12-23-32-28-19-21-29(22-20-28)34-30(31)26-15-17-27(18-16-26)33-24-13-14-25(3)5-2/h4,15-22,25H,1,5-14,23-24H2,2-3H3/t25-/m0/s1. The Hall–Kier alpha value is -2.75. The Balaban J connectivity index is 1.64. The van der Waals surface area contributed by atoms with E-state index in [4.69, 9.17) is 14.2 Å². The molecule has 0 saturated heterocycles. The van der Waals surface area contributed by atoms with Crippen LogP contribution in [0, 0.1) is 5.92 Å². The van der Waals surface area contributed by atoms with Crippen LogP contribution in [0.1, 0.15) is 88.4 Å². The monoisotopic (exact) mass is 466 g/mol. The highest BCUT2D eigenvalue weighted by Gasteiger charge is 2.09. The third kappa shape index (κ3) is 11.4. The fourth-order valence-corrected chi connectivity index (χ4v) is 3.57. The lowest BCUT2D eigenvalue weighted by atomic mass is 10.0. The third-order valence-corrected chi connectivity index (χ3v) is 6.00. The average molecular weight is 467 g/mol. The van der Waals surface area contributed by atoms with Crippen molar-refractivity contribution >= 4 is 5.97 Å². The Morgan fingerprint density at radius 1 is 0.794 bits per heavy atom. The molecule has 2 rings (SSSR count). The third-order valence-electron chi connectivity index (χ3n) is 6.00. The fourth-order valence-electron chi connectivity index (χ4n) is 3.57. The summed E-state index contributed by atoms with van der Waals surface area (Å²) >= 11 is 0. The van der Waals surface area contributed by atoms with Crippen LogP contribution < -0.4 is 14.2 Å². The minimum Gasteiger partial charge on any atom is -0.494 e. The van der Waals surface area contributed by atoms with Gasteiger partial charge in [0.1, 0.15) is 17.2 Å². The van der Waals surface area contributed by atoms with Gasteiger partial charge in [0, 0.05) is 0 Å². The van der Waals surface area contributed by atoms with Gasteiger partial charge in [-0.3, -0.25) is 0 Å². The smallest absolute Gasteiger partial charge is 0.343 e. The van der Waals surface area contributed by atoms with E-state index in [0.717, 1.165) is 36.7 Å². The molecule has 2 aromatic carbocycles. The van der Waals surface area contributed by atoms with Crippen LogP contribution >= 0.6 is 0 Å². The molecule has 0 saturated carbocycles. The first-order valence-corrected chi connectivity index (χ1v) is 12.9. The predicted octanol–water partition coefficient (Wildman–Crippen LogP) is 8.41. The summed E-state index contributed by atoms with van der Waals surface area (Å²) in [6.45, 7) is 9.63. The van der Waals surface area contributed by atoms with Crippen LogP contribution in [0.4, 0.5) is 0 Å². The van der Waals surface area contributed by atoms with Gasteiger partial charge in [-0.05, 0) is 86.6 Å². The van der Waals surface area contributed by atoms with Crippen LogP contribution in [0.3, 0.4) is 0 Å². The molecule has 186 valence electrons. The van der Waals surface area contributed by atoms with Crippen molar-refractivity contribution in [2.75, 3.05) is 13.2 Å². The van der Waals surface area contributed by atoms with Gasteiger partial charge in [0.15, 0.2) is 0 Å². The number of ether oxygens (including phenoxy) is 3. The highest BCUT2D eigenvalue weighted by molar-refractivity contribution is 5.91. The topological polar surface area (TPSA) is 44.8 Å². The average Bonchev–Trinajstić information content (AvgIpc) is 2.86. The van der Waals surface area contributed by atoms with Crippen LogP contribution in [0.25, 0.3) is 0 Å². The summed E-state index contributed by atoms with van der Waals surface area (Å²) in [6, 6.07) is 14.3. The number of allylic oxidation sites excluding steroid dienone is 1. The fraction of sp³-hybridized carbons (Fsp3) is 0.500. The van der Waals surface area contributed by atoms with Gasteiger partial charge in [-0.15, -0.1) is 6.58 Å². The molecular formula is C30H42O4. The molecule has 2 aromatic rings. The number of hydrogen-bond donors (Lipinski definition) is 0. The maximum Gasteiger partial charge on any atom is 0.343 e. The minimum absolute atomic E-state index is 0.384. The van der Waals surface area contributed by atoms with Gasteiger partial charge >= 0.3 is 5.97 Å². The molecule has 0 bridgehead atoms. The number of esters is 1. The van der Waals surface area contributed by atoms with Crippen molar-refractivity contribution in [3.05, 3.63) is 66.7 Å². The lowest BCUT2D eigenvalue weighted by molar-refractivity contribution is 0.0734. The zero-order valence-corrected chi connectivity index (χ0v) is 21.1. The Bertz CT molecular complexity index is 811. The van der Waals surface area contributed by atoms with E-state index < -0.39 is 0 Å². The number of hydrogen-bond acceptors (Lipinski definition) is 4. The molecule has 0 fully saturated rings. The van der Waals surface area contributed by atoms with Crippen LogP contribution in [-0.4, -0.2) is 19.2 Å². The Labute approximate surface area is 206 Å². The molecule has 4 nitrogen and oxygen atoms in total. The highest BCUT2D eigenvalue weighted by Crippen LogP contribution is 2.20. The second-order valence-electron chi connectivity index (χ2n) is 8.94. The molecule has 0 aliphatic rings. The van der Waals surface area contributed by atoms with Crippen LogP contribution in [-0.2, 0) is 0 Å². The number of rotatable bonds is 18. The lowest BCUT2D eigenvalue weighted by Gasteiger charge is -2.10. The van der Waals surface area contributed by atoms with Gasteiger partial charge in [0.05, 0.1) is 18.8 Å². The summed E-state index contributed by atoms with van der Waals surface area (Å²) in [5.41, 5.74) is 0.497. The second-order valence-corrected chi connectivity index (χ2v) is 8.94. The van der Waals surface area contributed by atoms with Crippen molar-refractivity contribution < 1.29 is 19.0 Å². The number of carbonyl (C=O) groups excluding carboxylic acids is 1. The molecule has 1 atom stereocenters. The van der Waals surface area contributed by atoms with Crippen molar-refractivity contribution in [1.82, 2.24) is 0 Å². The van der Waals surface area contributed by atoms with Gasteiger partial charge < -0.3 is 14.2 Å². The minimum atomic E-state index is -0.384. The molecule has 0 aliphatic carbocycles. The number of carbonyl (C=O) groups is 1. The molecular weight excluding hydrogens is 424 g/mol. The van der Waals surface area contributed by atoms with Gasteiger partial charge in [-0.2, -0.15) is 0 Å². The molecule has 0 heterocycles. The van der Waals surface area contributed by atoms with Gasteiger partial charge in [-0.25, -0.2) is 4.79 Å². The predicted molar refractivity (Wildman–Crippen MR) is 140 cm³/mol. The Kier molecular flexibility index (Phi) is 13.6. The Morgan fingerprint density at radius 3 is 1.94 bits per heavy atom. The first kappa shape index (κ1) is 27.5. The summed E-state index contributed by atoms with van der Waals surface area (Å²) in [5, 5.41) is 0. The van der Waals surface area contributed by atoms with Crippen molar-refractivity contribution in [1.29, 1.82) is 0 Å². The zero-order valence-electron chi connectivity index (χ0n) is 21.1. The summed E-state index contributed by atoms with van der Waals surface area (Å²) < 4.78 is 17.1. The maximum atomic E-state index is 12.4.